The Balaban J connectivity index is 2.03. The van der Waals surface area contributed by atoms with Gasteiger partial charge in [0, 0.05) is 12.1 Å². The smallest absolute Gasteiger partial charge is 0.00727 e. The Morgan fingerprint density at radius 3 is 2.22 bits per heavy atom. The maximum Gasteiger partial charge on any atom is 0.00727 e. The van der Waals surface area contributed by atoms with Crippen molar-refractivity contribution < 1.29 is 0 Å². The summed E-state index contributed by atoms with van der Waals surface area (Å²) in [6.07, 6.45) is 5.73. The van der Waals surface area contributed by atoms with Gasteiger partial charge in [0.2, 0.25) is 0 Å². The fraction of sp³-hybridized carbons (Fsp3) is 1.00. The molecule has 2 saturated heterocycles. The number of nitrogens with one attached hydrogen (secondary N) is 1. The van der Waals surface area contributed by atoms with Gasteiger partial charge in [-0.3, -0.25) is 0 Å². The number of hydrogen-bond acceptors (Lipinski definition) is 1. The van der Waals surface area contributed by atoms with Crippen LogP contribution in [0.5, 0.6) is 0 Å². The highest BCUT2D eigenvalue weighted by atomic mass is 15.0. The van der Waals surface area contributed by atoms with Gasteiger partial charge in [0.1, 0.15) is 0 Å². The second-order valence-corrected chi connectivity index (χ2v) is 3.71. The van der Waals surface area contributed by atoms with Crippen molar-refractivity contribution in [2.75, 3.05) is 0 Å². The first-order valence-electron chi connectivity index (χ1n) is 4.10. The molecule has 0 aromatic rings. The van der Waals surface area contributed by atoms with Crippen LogP contribution in [0, 0.1) is 5.92 Å². The third-order valence-corrected chi connectivity index (χ3v) is 2.71. The zero-order valence-corrected chi connectivity index (χ0v) is 6.06. The quantitative estimate of drug-likeness (QED) is 0.518. The molecule has 2 atom stereocenters. The van der Waals surface area contributed by atoms with E-state index < -0.39 is 0 Å². The maximum atomic E-state index is 3.62. The zero-order chi connectivity index (χ0) is 6.27. The van der Waals surface area contributed by atoms with Gasteiger partial charge in [-0.2, -0.15) is 0 Å². The lowest BCUT2D eigenvalue weighted by Crippen LogP contribution is -2.37. The van der Waals surface area contributed by atoms with Gasteiger partial charge in [0.05, 0.1) is 0 Å². The molecule has 0 saturated carbocycles. The summed E-state index contributed by atoms with van der Waals surface area (Å²) >= 11 is 0. The molecule has 0 spiro atoms. The van der Waals surface area contributed by atoms with Crippen molar-refractivity contribution in [3.05, 3.63) is 0 Å². The minimum atomic E-state index is 0.888. The van der Waals surface area contributed by atoms with Crippen molar-refractivity contribution in [3.8, 4) is 0 Å². The molecule has 2 fully saturated rings. The fourth-order valence-corrected chi connectivity index (χ4v) is 2.34. The van der Waals surface area contributed by atoms with Crippen LogP contribution < -0.4 is 5.32 Å². The maximum absolute atomic E-state index is 3.62. The molecule has 2 aliphatic heterocycles. The molecule has 0 radical (unpaired) electrons. The monoisotopic (exact) mass is 125 g/mol. The van der Waals surface area contributed by atoms with Crippen LogP contribution >= 0.6 is 0 Å². The molecule has 0 aromatic carbocycles. The van der Waals surface area contributed by atoms with E-state index in [1.807, 2.05) is 0 Å². The Bertz CT molecular complexity index is 99.1. The lowest BCUT2D eigenvalue weighted by atomic mass is 9.95. The molecular weight excluding hydrogens is 110 g/mol. The molecule has 2 rings (SSSR count). The third-order valence-electron chi connectivity index (χ3n) is 2.71. The van der Waals surface area contributed by atoms with Crippen LogP contribution in [0.4, 0.5) is 0 Å². The Morgan fingerprint density at radius 2 is 1.67 bits per heavy atom. The Morgan fingerprint density at radius 1 is 1.11 bits per heavy atom. The second-order valence-electron chi connectivity index (χ2n) is 3.71. The molecule has 0 unspecified atom stereocenters. The number of hydrogen-bond donors (Lipinski definition) is 1. The molecule has 9 heavy (non-hydrogen) atoms. The summed E-state index contributed by atoms with van der Waals surface area (Å²) in [7, 11) is 0. The molecule has 0 aliphatic carbocycles. The summed E-state index contributed by atoms with van der Waals surface area (Å²) in [6.45, 7) is 2.38. The van der Waals surface area contributed by atoms with Crippen LogP contribution in [0.15, 0.2) is 0 Å². The molecule has 1 nitrogen and oxygen atoms in total. The first-order valence-corrected chi connectivity index (χ1v) is 4.10. The molecule has 2 aliphatic rings. The van der Waals surface area contributed by atoms with E-state index in [0.717, 1.165) is 18.0 Å². The summed E-state index contributed by atoms with van der Waals surface area (Å²) in [6, 6.07) is 1.78. The van der Waals surface area contributed by atoms with Crippen molar-refractivity contribution in [3.63, 3.8) is 0 Å². The molecular formula is C8H15N. The highest BCUT2D eigenvalue weighted by Crippen LogP contribution is 2.29. The van der Waals surface area contributed by atoms with Crippen molar-refractivity contribution in [2.24, 2.45) is 5.92 Å². The van der Waals surface area contributed by atoms with Crippen LogP contribution in [0.25, 0.3) is 0 Å². The van der Waals surface area contributed by atoms with Crippen LogP contribution in [0.1, 0.15) is 32.6 Å². The summed E-state index contributed by atoms with van der Waals surface area (Å²) in [5.74, 6) is 0.990. The average molecular weight is 125 g/mol. The summed E-state index contributed by atoms with van der Waals surface area (Å²) in [5, 5.41) is 3.62. The Kier molecular flexibility index (Phi) is 1.26. The molecule has 0 amide bonds. The standard InChI is InChI=1S/C8H15N/c1-6-4-7-2-3-8(5-6)9-7/h6-9H,2-5H2,1H3/t7-,8-/m0/s1. The van der Waals surface area contributed by atoms with Gasteiger partial charge in [-0.1, -0.05) is 6.92 Å². The van der Waals surface area contributed by atoms with Gasteiger partial charge in [-0.15, -0.1) is 0 Å². The van der Waals surface area contributed by atoms with Gasteiger partial charge in [0.25, 0.3) is 0 Å². The minimum Gasteiger partial charge on any atom is -0.311 e. The van der Waals surface area contributed by atoms with Crippen molar-refractivity contribution in [1.82, 2.24) is 5.32 Å². The molecule has 1 heteroatoms. The van der Waals surface area contributed by atoms with Crippen molar-refractivity contribution in [2.45, 2.75) is 44.7 Å². The van der Waals surface area contributed by atoms with Crippen LogP contribution in [-0.4, -0.2) is 12.1 Å². The fourth-order valence-electron chi connectivity index (χ4n) is 2.34. The molecule has 1 N–H and O–H groups in total. The van der Waals surface area contributed by atoms with Crippen LogP contribution in [0.3, 0.4) is 0 Å². The largest absolute Gasteiger partial charge is 0.311 e. The third kappa shape index (κ3) is 0.983. The van der Waals surface area contributed by atoms with E-state index in [1.54, 1.807) is 0 Å². The molecule has 2 heterocycles. The van der Waals surface area contributed by atoms with Crippen LogP contribution in [0.2, 0.25) is 0 Å². The lowest BCUT2D eigenvalue weighted by molar-refractivity contribution is 0.319. The molecule has 2 bridgehead atoms. The van der Waals surface area contributed by atoms with E-state index >= 15 is 0 Å². The average Bonchev–Trinajstić information content (AvgIpc) is 2.11. The first kappa shape index (κ1) is 5.72. The van der Waals surface area contributed by atoms with E-state index in [-0.39, 0.29) is 0 Å². The van der Waals surface area contributed by atoms with E-state index in [4.69, 9.17) is 0 Å². The highest BCUT2D eigenvalue weighted by Gasteiger charge is 2.30. The van der Waals surface area contributed by atoms with Crippen molar-refractivity contribution in [1.29, 1.82) is 0 Å². The number of piperidine rings is 1. The van der Waals surface area contributed by atoms with Gasteiger partial charge in [-0.25, -0.2) is 0 Å². The van der Waals surface area contributed by atoms with Crippen LogP contribution in [-0.2, 0) is 0 Å². The number of rotatable bonds is 0. The van der Waals surface area contributed by atoms with Gasteiger partial charge in [-0.05, 0) is 31.6 Å². The van der Waals surface area contributed by atoms with E-state index in [1.165, 1.54) is 25.7 Å². The first-order chi connectivity index (χ1) is 4.34. The minimum absolute atomic E-state index is 0.888. The van der Waals surface area contributed by atoms with E-state index in [2.05, 4.69) is 12.2 Å². The lowest BCUT2D eigenvalue weighted by Gasteiger charge is -2.25. The Hall–Kier alpha value is -0.0400. The van der Waals surface area contributed by atoms with E-state index in [9.17, 15) is 0 Å². The Labute approximate surface area is 56.8 Å². The van der Waals surface area contributed by atoms with E-state index in [0.29, 0.717) is 0 Å². The predicted octanol–water partition coefficient (Wildman–Crippen LogP) is 1.54. The van der Waals surface area contributed by atoms with Gasteiger partial charge in [0.15, 0.2) is 0 Å². The topological polar surface area (TPSA) is 12.0 Å². The number of fused-ring (bicyclic) bond motifs is 2. The molecule has 0 aromatic heterocycles. The highest BCUT2D eigenvalue weighted by molar-refractivity contribution is 4.90. The normalized spacial score (nSPS) is 49.7. The predicted molar refractivity (Wildman–Crippen MR) is 38.3 cm³/mol. The van der Waals surface area contributed by atoms with Gasteiger partial charge >= 0.3 is 0 Å². The second kappa shape index (κ2) is 1.98. The summed E-state index contributed by atoms with van der Waals surface area (Å²) in [5.41, 5.74) is 0. The van der Waals surface area contributed by atoms with Crippen molar-refractivity contribution >= 4 is 0 Å². The summed E-state index contributed by atoms with van der Waals surface area (Å²) in [4.78, 5) is 0. The molecule has 52 valence electrons. The summed E-state index contributed by atoms with van der Waals surface area (Å²) < 4.78 is 0. The zero-order valence-electron chi connectivity index (χ0n) is 6.06. The SMILES string of the molecule is CC1C[C@@H]2CC[C@@H](C1)N2. The van der Waals surface area contributed by atoms with Gasteiger partial charge < -0.3 is 5.32 Å².